The van der Waals surface area contributed by atoms with Gasteiger partial charge in [-0.25, -0.2) is 9.18 Å². The summed E-state index contributed by atoms with van der Waals surface area (Å²) in [5.41, 5.74) is 5.07. The summed E-state index contributed by atoms with van der Waals surface area (Å²) in [6.07, 6.45) is 2.26. The number of carboxylic acids is 1. The van der Waals surface area contributed by atoms with Gasteiger partial charge in [0.25, 0.3) is 0 Å². The average molecular weight is 272 g/mol. The van der Waals surface area contributed by atoms with E-state index in [1.165, 1.54) is 30.3 Å². The predicted octanol–water partition coefficient (Wildman–Crippen LogP) is 2.25. The van der Waals surface area contributed by atoms with Gasteiger partial charge in [-0.15, -0.1) is 0 Å². The monoisotopic (exact) mass is 271 g/mol. The fraction of sp³-hybridized carbons (Fsp3) is 0.0833. The number of ether oxygens (including phenoxy) is 1. The normalized spacial score (nSPS) is 12.3. The van der Waals surface area contributed by atoms with Crippen molar-refractivity contribution in [3.05, 3.63) is 53.0 Å². The van der Waals surface area contributed by atoms with Crippen molar-refractivity contribution in [2.75, 3.05) is 6.61 Å². The first-order valence-electron chi connectivity index (χ1n) is 4.92. The molecule has 0 aromatic heterocycles. The Balaban J connectivity index is 2.72. The molecule has 1 rings (SSSR count). The van der Waals surface area contributed by atoms with Crippen LogP contribution in [0.1, 0.15) is 0 Å². The van der Waals surface area contributed by atoms with Crippen molar-refractivity contribution in [2.24, 2.45) is 5.73 Å². The number of rotatable bonds is 5. The number of benzene rings is 1. The van der Waals surface area contributed by atoms with Gasteiger partial charge < -0.3 is 15.6 Å². The van der Waals surface area contributed by atoms with Gasteiger partial charge in [0, 0.05) is 6.20 Å². The summed E-state index contributed by atoms with van der Waals surface area (Å²) < 4.78 is 17.8. The molecule has 0 aliphatic carbocycles. The first-order valence-corrected chi connectivity index (χ1v) is 5.30. The number of nitrogens with two attached hydrogens (primary N) is 1. The van der Waals surface area contributed by atoms with E-state index < -0.39 is 11.8 Å². The molecule has 0 aliphatic rings. The third-order valence-corrected chi connectivity index (χ3v) is 2.19. The van der Waals surface area contributed by atoms with Gasteiger partial charge in [0.15, 0.2) is 0 Å². The van der Waals surface area contributed by atoms with Crippen molar-refractivity contribution in [3.63, 3.8) is 0 Å². The highest BCUT2D eigenvalue weighted by Gasteiger charge is 2.09. The third-order valence-electron chi connectivity index (χ3n) is 1.95. The minimum absolute atomic E-state index is 0.0639. The van der Waals surface area contributed by atoms with Crippen LogP contribution in [0.5, 0.6) is 5.75 Å². The van der Waals surface area contributed by atoms with Crippen LogP contribution in [0.3, 0.4) is 0 Å². The number of carboxylic acid groups (broad SMARTS) is 1. The summed E-state index contributed by atoms with van der Waals surface area (Å²) in [6, 6.07) is 5.23. The van der Waals surface area contributed by atoms with E-state index >= 15 is 0 Å². The molecule has 0 atom stereocenters. The van der Waals surface area contributed by atoms with Gasteiger partial charge in [-0.3, -0.25) is 0 Å². The highest BCUT2D eigenvalue weighted by atomic mass is 35.5. The van der Waals surface area contributed by atoms with E-state index in [-0.39, 0.29) is 17.2 Å². The zero-order valence-corrected chi connectivity index (χ0v) is 10.0. The van der Waals surface area contributed by atoms with Crippen LogP contribution in [0.2, 0.25) is 0 Å². The zero-order chi connectivity index (χ0) is 13.5. The molecular weight excluding hydrogens is 261 g/mol. The lowest BCUT2D eigenvalue weighted by Gasteiger charge is -2.06. The lowest BCUT2D eigenvalue weighted by molar-refractivity contribution is -0.133. The topological polar surface area (TPSA) is 72.5 Å². The Bertz CT molecular complexity index is 483. The van der Waals surface area contributed by atoms with Gasteiger partial charge in [0.05, 0.1) is 10.6 Å². The second-order valence-electron chi connectivity index (χ2n) is 3.27. The number of hydrogen-bond donors (Lipinski definition) is 2. The summed E-state index contributed by atoms with van der Waals surface area (Å²) in [5, 5.41) is 9.00. The molecule has 0 bridgehead atoms. The highest BCUT2D eigenvalue weighted by molar-refractivity contribution is 6.31. The number of carbonyl (C=O) groups is 1. The molecule has 18 heavy (non-hydrogen) atoms. The molecule has 0 spiro atoms. The number of hydrogen-bond acceptors (Lipinski definition) is 3. The van der Waals surface area contributed by atoms with Gasteiger partial charge >= 0.3 is 5.97 Å². The van der Waals surface area contributed by atoms with Crippen molar-refractivity contribution < 1.29 is 19.0 Å². The first-order chi connectivity index (χ1) is 8.52. The maximum absolute atomic E-state index is 12.6. The van der Waals surface area contributed by atoms with E-state index in [1.807, 2.05) is 0 Å². The quantitative estimate of drug-likeness (QED) is 0.636. The second kappa shape index (κ2) is 6.66. The molecular formula is C12H11ClFNO3. The summed E-state index contributed by atoms with van der Waals surface area (Å²) in [5.74, 6) is -1.21. The van der Waals surface area contributed by atoms with Gasteiger partial charge in [-0.05, 0) is 30.3 Å². The summed E-state index contributed by atoms with van der Waals surface area (Å²) in [7, 11) is 0. The Kier molecular flexibility index (Phi) is 5.20. The van der Waals surface area contributed by atoms with Crippen molar-refractivity contribution in [1.29, 1.82) is 0 Å². The minimum atomic E-state index is -1.17. The highest BCUT2D eigenvalue weighted by Crippen LogP contribution is 2.13. The van der Waals surface area contributed by atoms with Crippen LogP contribution >= 0.6 is 11.6 Å². The molecule has 0 saturated heterocycles. The van der Waals surface area contributed by atoms with E-state index in [9.17, 15) is 9.18 Å². The number of aliphatic carboxylic acids is 1. The molecule has 0 amide bonds. The Labute approximate surface area is 108 Å². The molecule has 0 aliphatic heterocycles. The molecule has 0 unspecified atom stereocenters. The van der Waals surface area contributed by atoms with Crippen LogP contribution in [0.4, 0.5) is 4.39 Å². The molecule has 1 aromatic carbocycles. The molecule has 6 heteroatoms. The Morgan fingerprint density at radius 2 is 2.06 bits per heavy atom. The van der Waals surface area contributed by atoms with E-state index in [4.69, 9.17) is 27.2 Å². The van der Waals surface area contributed by atoms with Gasteiger partial charge in [0.1, 0.15) is 18.2 Å². The SMILES string of the molecule is N/C=C(Cl)\C=C(/COc1ccc(F)cc1)C(=O)O. The lowest BCUT2D eigenvalue weighted by atomic mass is 10.2. The predicted molar refractivity (Wildman–Crippen MR) is 65.7 cm³/mol. The second-order valence-corrected chi connectivity index (χ2v) is 3.71. The number of allylic oxidation sites excluding steroid dienone is 2. The maximum atomic E-state index is 12.6. The van der Waals surface area contributed by atoms with Crippen molar-refractivity contribution in [2.45, 2.75) is 0 Å². The number of halogens is 2. The lowest BCUT2D eigenvalue weighted by Crippen LogP contribution is -2.10. The van der Waals surface area contributed by atoms with Gasteiger partial charge in [0.2, 0.25) is 0 Å². The third kappa shape index (κ3) is 4.47. The van der Waals surface area contributed by atoms with Crippen molar-refractivity contribution in [1.82, 2.24) is 0 Å². The average Bonchev–Trinajstić information content (AvgIpc) is 2.35. The van der Waals surface area contributed by atoms with Crippen LogP contribution in [0.15, 0.2) is 47.1 Å². The van der Waals surface area contributed by atoms with E-state index in [0.717, 1.165) is 6.20 Å². The summed E-state index contributed by atoms with van der Waals surface area (Å²) in [4.78, 5) is 10.9. The van der Waals surface area contributed by atoms with Gasteiger partial charge in [-0.2, -0.15) is 0 Å². The molecule has 4 nitrogen and oxygen atoms in total. The first kappa shape index (κ1) is 14.1. The molecule has 96 valence electrons. The van der Waals surface area contributed by atoms with Crippen LogP contribution in [-0.4, -0.2) is 17.7 Å². The Morgan fingerprint density at radius 3 is 2.56 bits per heavy atom. The zero-order valence-electron chi connectivity index (χ0n) is 9.27. The van der Waals surface area contributed by atoms with Crippen LogP contribution in [-0.2, 0) is 4.79 Å². The molecule has 1 aromatic rings. The standard InChI is InChI=1S/C12H11ClFNO3/c13-9(6-15)5-8(12(16)17)7-18-11-3-1-10(14)2-4-11/h1-6H,7,15H2,(H,16,17)/b8-5+,9-6+. The fourth-order valence-corrected chi connectivity index (χ4v) is 1.20. The molecule has 0 saturated carbocycles. The van der Waals surface area contributed by atoms with E-state index in [1.54, 1.807) is 0 Å². The fourth-order valence-electron chi connectivity index (χ4n) is 1.07. The van der Waals surface area contributed by atoms with Crippen molar-refractivity contribution >= 4 is 17.6 Å². The summed E-state index contributed by atoms with van der Waals surface area (Å²) in [6.45, 7) is -0.203. The summed E-state index contributed by atoms with van der Waals surface area (Å²) >= 11 is 5.60. The van der Waals surface area contributed by atoms with Crippen LogP contribution in [0.25, 0.3) is 0 Å². The van der Waals surface area contributed by atoms with Crippen LogP contribution < -0.4 is 10.5 Å². The maximum Gasteiger partial charge on any atom is 0.335 e. The van der Waals surface area contributed by atoms with E-state index in [0.29, 0.717) is 5.75 Å². The molecule has 0 radical (unpaired) electrons. The molecule has 0 heterocycles. The van der Waals surface area contributed by atoms with E-state index in [2.05, 4.69) is 0 Å². The van der Waals surface area contributed by atoms with Gasteiger partial charge in [-0.1, -0.05) is 11.6 Å². The Hall–Kier alpha value is -2.01. The molecule has 0 fully saturated rings. The minimum Gasteiger partial charge on any atom is -0.489 e. The smallest absolute Gasteiger partial charge is 0.335 e. The van der Waals surface area contributed by atoms with Crippen LogP contribution in [0, 0.1) is 5.82 Å². The molecule has 3 N–H and O–H groups in total. The van der Waals surface area contributed by atoms with Crippen molar-refractivity contribution in [3.8, 4) is 5.75 Å². The largest absolute Gasteiger partial charge is 0.489 e. The Morgan fingerprint density at radius 1 is 1.44 bits per heavy atom.